The number of hydrogen-bond donors (Lipinski definition) is 1. The quantitative estimate of drug-likeness (QED) is 0.131. The van der Waals surface area contributed by atoms with Crippen LogP contribution in [0.4, 0.5) is 0 Å². The van der Waals surface area contributed by atoms with E-state index in [2.05, 4.69) is 43.4 Å². The van der Waals surface area contributed by atoms with E-state index in [1.165, 1.54) is 5.01 Å². The predicted molar refractivity (Wildman–Crippen MR) is 221 cm³/mol. The highest BCUT2D eigenvalue weighted by Crippen LogP contribution is 2.60. The molecule has 1 aliphatic carbocycles. The Kier molecular flexibility index (Phi) is 14.1. The highest BCUT2D eigenvalue weighted by Gasteiger charge is 2.62. The van der Waals surface area contributed by atoms with Gasteiger partial charge in [-0.05, 0) is 133 Å². The fourth-order valence-corrected chi connectivity index (χ4v) is 6.86. The van der Waals surface area contributed by atoms with E-state index in [1.807, 2.05) is 110 Å². The number of hydrazine groups is 1. The van der Waals surface area contributed by atoms with Crippen molar-refractivity contribution in [1.82, 2.24) is 10.4 Å². The van der Waals surface area contributed by atoms with Crippen LogP contribution in [0.1, 0.15) is 83.7 Å². The Labute approximate surface area is 340 Å². The molecule has 0 aromatic heterocycles. The molecule has 1 saturated carbocycles. The summed E-state index contributed by atoms with van der Waals surface area (Å²) in [4.78, 5) is 38.7. The normalized spacial score (nSPS) is 15.8. The summed E-state index contributed by atoms with van der Waals surface area (Å²) in [7, 11) is 1.56. The molecule has 1 N–H and O–H groups in total. The summed E-state index contributed by atoms with van der Waals surface area (Å²) in [6, 6.07) is 29.4. The van der Waals surface area contributed by atoms with Gasteiger partial charge in [0.15, 0.2) is 0 Å². The summed E-state index contributed by atoms with van der Waals surface area (Å²) in [5.74, 6) is 0.718. The molecule has 0 saturated heterocycles. The van der Waals surface area contributed by atoms with Crippen molar-refractivity contribution in [2.45, 2.75) is 67.0 Å². The standard InChI is InChI=1S/C22H19Br2NO3.C22H28N2O3/c1-22(2)17(12-19(23)24)20(22)21(26)28-18(13-25)14-7-6-10-16(11-14)27-15-8-4-3-5-9-15;1-14-11-15(2)13-17(12-14)21(26)24(22(4,5)6)23-20(25)18-9-8-10-19(27-7)16(18)3/h3-12,17-18,20H,1-2H3;8-13H,1-7H3,(H,23,25)/t17-,18+,20-;/m0./s1. The Balaban J connectivity index is 0.000000245. The van der Waals surface area contributed by atoms with E-state index in [-0.39, 0.29) is 35.0 Å². The molecule has 11 heteroatoms. The Bertz CT molecular complexity index is 2080. The van der Waals surface area contributed by atoms with Gasteiger partial charge in [0.2, 0.25) is 6.10 Å². The van der Waals surface area contributed by atoms with Crippen molar-refractivity contribution in [3.8, 4) is 23.3 Å². The van der Waals surface area contributed by atoms with E-state index in [0.717, 1.165) is 20.1 Å². The van der Waals surface area contributed by atoms with Gasteiger partial charge in [-0.15, -0.1) is 0 Å². The lowest BCUT2D eigenvalue weighted by atomic mass is 10.0. The molecular weight excluding hydrogens is 826 g/mol. The number of halogens is 2. The summed E-state index contributed by atoms with van der Waals surface area (Å²) in [6.07, 6.45) is 0.960. The Morgan fingerprint density at radius 1 is 0.891 bits per heavy atom. The van der Waals surface area contributed by atoms with Crippen LogP contribution < -0.4 is 14.9 Å². The Morgan fingerprint density at radius 2 is 1.51 bits per heavy atom. The number of carbonyl (C=O) groups excluding carboxylic acids is 3. The van der Waals surface area contributed by atoms with Crippen LogP contribution in [0.25, 0.3) is 0 Å². The van der Waals surface area contributed by atoms with Gasteiger partial charge in [0.25, 0.3) is 11.8 Å². The zero-order valence-electron chi connectivity index (χ0n) is 32.6. The summed E-state index contributed by atoms with van der Waals surface area (Å²) in [5, 5.41) is 10.9. The zero-order valence-corrected chi connectivity index (χ0v) is 35.7. The first-order valence-electron chi connectivity index (χ1n) is 17.7. The number of esters is 1. The van der Waals surface area contributed by atoms with Crippen molar-refractivity contribution in [1.29, 1.82) is 5.26 Å². The Morgan fingerprint density at radius 3 is 2.09 bits per heavy atom. The third kappa shape index (κ3) is 11.1. The van der Waals surface area contributed by atoms with E-state index in [9.17, 15) is 19.6 Å². The van der Waals surface area contributed by atoms with Crippen LogP contribution in [-0.4, -0.2) is 35.4 Å². The number of hydrogen-bond acceptors (Lipinski definition) is 7. The second kappa shape index (κ2) is 18.1. The van der Waals surface area contributed by atoms with Crippen molar-refractivity contribution in [2.75, 3.05) is 7.11 Å². The molecule has 0 bridgehead atoms. The number of para-hydroxylation sites is 1. The van der Waals surface area contributed by atoms with Crippen LogP contribution in [0.2, 0.25) is 0 Å². The number of carbonyl (C=O) groups is 3. The van der Waals surface area contributed by atoms with E-state index in [1.54, 1.807) is 49.6 Å². The molecule has 0 heterocycles. The fraction of sp³-hybridized carbons (Fsp3) is 0.318. The minimum atomic E-state index is -0.986. The molecule has 0 unspecified atom stereocenters. The highest BCUT2D eigenvalue weighted by atomic mass is 79.9. The van der Waals surface area contributed by atoms with Crippen LogP contribution >= 0.6 is 31.9 Å². The molecule has 9 nitrogen and oxygen atoms in total. The molecule has 0 aliphatic heterocycles. The minimum Gasteiger partial charge on any atom is -0.496 e. The van der Waals surface area contributed by atoms with Crippen molar-refractivity contribution in [2.24, 2.45) is 17.3 Å². The van der Waals surface area contributed by atoms with Gasteiger partial charge in [-0.1, -0.05) is 73.5 Å². The molecule has 2 amide bonds. The van der Waals surface area contributed by atoms with Gasteiger partial charge in [-0.3, -0.25) is 19.8 Å². The fourth-order valence-electron chi connectivity index (χ4n) is 6.29. The average Bonchev–Trinajstić information content (AvgIpc) is 3.66. The zero-order chi connectivity index (χ0) is 40.7. The maximum atomic E-state index is 13.2. The lowest BCUT2D eigenvalue weighted by molar-refractivity contribution is -0.149. The highest BCUT2D eigenvalue weighted by molar-refractivity contribution is 9.28. The molecule has 55 heavy (non-hydrogen) atoms. The first kappa shape index (κ1) is 42.8. The average molecular weight is 874 g/mol. The number of nitriles is 1. The molecule has 1 aliphatic rings. The summed E-state index contributed by atoms with van der Waals surface area (Å²) >= 11 is 6.68. The van der Waals surface area contributed by atoms with Gasteiger partial charge >= 0.3 is 5.97 Å². The van der Waals surface area contributed by atoms with Crippen molar-refractivity contribution >= 4 is 49.6 Å². The number of ether oxygens (including phenoxy) is 3. The molecule has 1 fully saturated rings. The number of nitrogens with zero attached hydrogens (tertiary/aromatic N) is 2. The molecule has 4 aromatic rings. The summed E-state index contributed by atoms with van der Waals surface area (Å²) in [5.41, 5.74) is 6.31. The van der Waals surface area contributed by atoms with Crippen molar-refractivity contribution in [3.63, 3.8) is 0 Å². The maximum Gasteiger partial charge on any atom is 0.311 e. The van der Waals surface area contributed by atoms with Crippen molar-refractivity contribution in [3.05, 3.63) is 134 Å². The number of nitrogens with one attached hydrogen (secondary N) is 1. The predicted octanol–water partition coefficient (Wildman–Crippen LogP) is 10.7. The summed E-state index contributed by atoms with van der Waals surface area (Å²) in [6.45, 7) is 15.4. The van der Waals surface area contributed by atoms with Gasteiger partial charge < -0.3 is 14.2 Å². The molecule has 288 valence electrons. The topological polar surface area (TPSA) is 118 Å². The van der Waals surface area contributed by atoms with Crippen molar-refractivity contribution < 1.29 is 28.6 Å². The van der Waals surface area contributed by atoms with Gasteiger partial charge in [0.05, 0.1) is 22.0 Å². The van der Waals surface area contributed by atoms with Gasteiger partial charge in [0.1, 0.15) is 23.3 Å². The van der Waals surface area contributed by atoms with Crippen LogP contribution in [0.15, 0.2) is 100 Å². The van der Waals surface area contributed by atoms with E-state index >= 15 is 0 Å². The van der Waals surface area contributed by atoms with Crippen LogP contribution in [0.3, 0.4) is 0 Å². The van der Waals surface area contributed by atoms with Gasteiger partial charge in [-0.2, -0.15) is 5.26 Å². The SMILES string of the molecule is CC1(C)[C@H](C(=O)O[C@H](C#N)c2cccc(Oc3ccccc3)c2)[C@@H]1C=C(Br)Br.COc1cccc(C(=O)NN(C(=O)c2cc(C)cc(C)c2)C(C)(C)C)c1C. The molecular formula is C44H47Br2N3O6. The van der Waals surface area contributed by atoms with Crippen LogP contribution in [-0.2, 0) is 9.53 Å². The third-order valence-corrected chi connectivity index (χ3v) is 9.79. The summed E-state index contributed by atoms with van der Waals surface area (Å²) < 4.78 is 17.4. The van der Waals surface area contributed by atoms with E-state index in [4.69, 9.17) is 14.2 Å². The number of aryl methyl sites for hydroxylation is 2. The molecule has 5 rings (SSSR count). The first-order chi connectivity index (χ1) is 25.9. The second-order valence-electron chi connectivity index (χ2n) is 15.0. The number of amides is 2. The van der Waals surface area contributed by atoms with Crippen LogP contribution in [0, 0.1) is 49.4 Å². The first-order valence-corrected chi connectivity index (χ1v) is 19.3. The van der Waals surface area contributed by atoms with E-state index in [0.29, 0.717) is 33.9 Å². The molecule has 0 spiro atoms. The molecule has 3 atom stereocenters. The van der Waals surface area contributed by atoms with Gasteiger partial charge in [0, 0.05) is 22.3 Å². The number of benzene rings is 4. The number of methoxy groups -OCH3 is 1. The molecule has 4 aromatic carbocycles. The number of rotatable bonds is 9. The minimum absolute atomic E-state index is 0.0563. The maximum absolute atomic E-state index is 13.2. The smallest absolute Gasteiger partial charge is 0.311 e. The third-order valence-electron chi connectivity index (χ3n) is 9.27. The second-order valence-corrected chi connectivity index (χ2v) is 17.7. The van der Waals surface area contributed by atoms with E-state index < -0.39 is 11.6 Å². The Hall–Kier alpha value is -4.92. The number of allylic oxidation sites excluding steroid dienone is 1. The largest absolute Gasteiger partial charge is 0.496 e. The monoisotopic (exact) mass is 871 g/mol. The molecule has 0 radical (unpaired) electrons. The van der Waals surface area contributed by atoms with Gasteiger partial charge in [-0.25, -0.2) is 5.01 Å². The lowest BCUT2D eigenvalue weighted by Gasteiger charge is -2.35. The lowest BCUT2D eigenvalue weighted by Crippen LogP contribution is -2.56. The van der Waals surface area contributed by atoms with Crippen LogP contribution in [0.5, 0.6) is 17.2 Å².